The van der Waals surface area contributed by atoms with Crippen LogP contribution in [-0.2, 0) is 17.8 Å². The van der Waals surface area contributed by atoms with Crippen LogP contribution in [0.3, 0.4) is 0 Å². The number of ether oxygens (including phenoxy) is 1. The molecular formula is C13H22N2O2. The zero-order valence-corrected chi connectivity index (χ0v) is 10.7. The molecule has 0 aliphatic rings. The fourth-order valence-electron chi connectivity index (χ4n) is 1.73. The second kappa shape index (κ2) is 7.27. The van der Waals surface area contributed by atoms with Crippen LogP contribution in [0.25, 0.3) is 0 Å². The number of aryl methyl sites for hydroxylation is 1. The molecule has 0 fully saturated rings. The smallest absolute Gasteiger partial charge is 0.120 e. The molecule has 1 aromatic rings. The van der Waals surface area contributed by atoms with Gasteiger partial charge in [-0.15, -0.1) is 6.58 Å². The van der Waals surface area contributed by atoms with Gasteiger partial charge in [0.1, 0.15) is 11.5 Å². The van der Waals surface area contributed by atoms with E-state index in [1.807, 2.05) is 19.1 Å². The van der Waals surface area contributed by atoms with Crippen molar-refractivity contribution in [2.75, 3.05) is 26.8 Å². The highest BCUT2D eigenvalue weighted by molar-refractivity contribution is 5.19. The molecule has 0 aliphatic heterocycles. The molecule has 0 saturated carbocycles. The number of hydrogen-bond acceptors (Lipinski definition) is 4. The molecule has 0 saturated heterocycles. The van der Waals surface area contributed by atoms with E-state index in [9.17, 15) is 0 Å². The lowest BCUT2D eigenvalue weighted by molar-refractivity contribution is 0.146. The SMILES string of the molecule is C=CCN(CCOC)Cc1cc(C)c(CN)o1. The van der Waals surface area contributed by atoms with E-state index in [-0.39, 0.29) is 0 Å². The summed E-state index contributed by atoms with van der Waals surface area (Å²) in [5, 5.41) is 0. The van der Waals surface area contributed by atoms with Crippen LogP contribution in [0.4, 0.5) is 0 Å². The van der Waals surface area contributed by atoms with E-state index in [1.54, 1.807) is 7.11 Å². The molecule has 1 heterocycles. The summed E-state index contributed by atoms with van der Waals surface area (Å²) in [6.45, 7) is 9.37. The zero-order chi connectivity index (χ0) is 12.7. The number of nitrogens with two attached hydrogens (primary N) is 1. The maximum atomic E-state index is 5.68. The third-order valence-electron chi connectivity index (χ3n) is 2.64. The Hall–Kier alpha value is -1.10. The Morgan fingerprint density at radius 1 is 1.59 bits per heavy atom. The van der Waals surface area contributed by atoms with Gasteiger partial charge in [0.15, 0.2) is 0 Å². The number of furan rings is 1. The third-order valence-corrected chi connectivity index (χ3v) is 2.64. The molecular weight excluding hydrogens is 216 g/mol. The van der Waals surface area contributed by atoms with E-state index < -0.39 is 0 Å². The summed E-state index contributed by atoms with van der Waals surface area (Å²) < 4.78 is 10.8. The lowest BCUT2D eigenvalue weighted by Crippen LogP contribution is -2.26. The van der Waals surface area contributed by atoms with Crippen molar-refractivity contribution >= 4 is 0 Å². The van der Waals surface area contributed by atoms with E-state index in [2.05, 4.69) is 11.5 Å². The summed E-state index contributed by atoms with van der Waals surface area (Å²) in [7, 11) is 1.70. The highest BCUT2D eigenvalue weighted by Crippen LogP contribution is 2.15. The van der Waals surface area contributed by atoms with Crippen LogP contribution in [0.2, 0.25) is 0 Å². The third kappa shape index (κ3) is 4.34. The van der Waals surface area contributed by atoms with Crippen LogP contribution < -0.4 is 5.73 Å². The lowest BCUT2D eigenvalue weighted by atomic mass is 10.2. The molecule has 0 atom stereocenters. The minimum absolute atomic E-state index is 0.450. The quantitative estimate of drug-likeness (QED) is 0.700. The van der Waals surface area contributed by atoms with Crippen LogP contribution in [0.5, 0.6) is 0 Å². The molecule has 17 heavy (non-hydrogen) atoms. The Kier molecular flexibility index (Phi) is 5.97. The van der Waals surface area contributed by atoms with E-state index in [0.717, 1.165) is 36.7 Å². The van der Waals surface area contributed by atoms with E-state index >= 15 is 0 Å². The maximum Gasteiger partial charge on any atom is 0.120 e. The standard InChI is InChI=1S/C13H22N2O2/c1-4-5-15(6-7-16-3)10-12-8-11(2)13(9-14)17-12/h4,8H,1,5-7,9-10,14H2,2-3H3. The van der Waals surface area contributed by atoms with Gasteiger partial charge in [-0.05, 0) is 18.6 Å². The average molecular weight is 238 g/mol. The van der Waals surface area contributed by atoms with Gasteiger partial charge in [-0.1, -0.05) is 6.08 Å². The highest BCUT2D eigenvalue weighted by atomic mass is 16.5. The van der Waals surface area contributed by atoms with E-state index in [1.165, 1.54) is 0 Å². The summed E-state index contributed by atoms with van der Waals surface area (Å²) in [6.07, 6.45) is 1.88. The van der Waals surface area contributed by atoms with Crippen LogP contribution in [0.1, 0.15) is 17.1 Å². The highest BCUT2D eigenvalue weighted by Gasteiger charge is 2.10. The first-order valence-electron chi connectivity index (χ1n) is 5.81. The van der Waals surface area contributed by atoms with Crippen molar-refractivity contribution in [3.8, 4) is 0 Å². The second-order valence-corrected chi connectivity index (χ2v) is 4.04. The lowest BCUT2D eigenvalue weighted by Gasteiger charge is -2.18. The Bertz CT molecular complexity index is 347. The Morgan fingerprint density at radius 2 is 2.35 bits per heavy atom. The van der Waals surface area contributed by atoms with Crippen molar-refractivity contribution in [1.82, 2.24) is 4.90 Å². The van der Waals surface area contributed by atoms with Gasteiger partial charge in [0.25, 0.3) is 0 Å². The summed E-state index contributed by atoms with van der Waals surface area (Å²) in [5.74, 6) is 1.81. The molecule has 0 aromatic carbocycles. The van der Waals surface area contributed by atoms with Gasteiger partial charge in [0.2, 0.25) is 0 Å². The number of rotatable bonds is 8. The normalized spacial score (nSPS) is 11.1. The fourth-order valence-corrected chi connectivity index (χ4v) is 1.73. The van der Waals surface area contributed by atoms with Crippen molar-refractivity contribution in [3.05, 3.63) is 35.8 Å². The van der Waals surface area contributed by atoms with Crippen molar-refractivity contribution in [1.29, 1.82) is 0 Å². The molecule has 4 heteroatoms. The van der Waals surface area contributed by atoms with Gasteiger partial charge >= 0.3 is 0 Å². The summed E-state index contributed by atoms with van der Waals surface area (Å²) in [4.78, 5) is 2.22. The summed E-state index contributed by atoms with van der Waals surface area (Å²) in [5.41, 5.74) is 6.71. The zero-order valence-electron chi connectivity index (χ0n) is 10.7. The number of hydrogen-bond donors (Lipinski definition) is 1. The van der Waals surface area contributed by atoms with Crippen LogP contribution in [0, 0.1) is 6.92 Å². The molecule has 0 amide bonds. The molecule has 0 unspecified atom stereocenters. The van der Waals surface area contributed by atoms with E-state index in [4.69, 9.17) is 14.9 Å². The first-order chi connectivity index (χ1) is 8.21. The van der Waals surface area contributed by atoms with E-state index in [0.29, 0.717) is 13.2 Å². The molecule has 4 nitrogen and oxygen atoms in total. The predicted octanol–water partition coefficient (Wildman–Crippen LogP) is 1.68. The topological polar surface area (TPSA) is 51.6 Å². The molecule has 0 aliphatic carbocycles. The molecule has 0 bridgehead atoms. The molecule has 1 aromatic heterocycles. The van der Waals surface area contributed by atoms with Gasteiger partial charge in [-0.2, -0.15) is 0 Å². The summed E-state index contributed by atoms with van der Waals surface area (Å²) >= 11 is 0. The van der Waals surface area contributed by atoms with Crippen LogP contribution in [-0.4, -0.2) is 31.7 Å². The molecule has 96 valence electrons. The number of methoxy groups -OCH3 is 1. The first-order valence-corrected chi connectivity index (χ1v) is 5.81. The largest absolute Gasteiger partial charge is 0.463 e. The average Bonchev–Trinajstić information content (AvgIpc) is 2.66. The van der Waals surface area contributed by atoms with Gasteiger partial charge < -0.3 is 14.9 Å². The van der Waals surface area contributed by atoms with Crippen molar-refractivity contribution in [2.24, 2.45) is 5.73 Å². The predicted molar refractivity (Wildman–Crippen MR) is 68.7 cm³/mol. The van der Waals surface area contributed by atoms with Crippen LogP contribution >= 0.6 is 0 Å². The minimum atomic E-state index is 0.450. The summed E-state index contributed by atoms with van der Waals surface area (Å²) in [6, 6.07) is 2.05. The fraction of sp³-hybridized carbons (Fsp3) is 0.538. The Balaban J connectivity index is 2.60. The molecule has 2 N–H and O–H groups in total. The molecule has 1 rings (SSSR count). The van der Waals surface area contributed by atoms with Gasteiger partial charge in [-0.25, -0.2) is 0 Å². The number of nitrogens with zero attached hydrogens (tertiary/aromatic N) is 1. The minimum Gasteiger partial charge on any atom is -0.463 e. The van der Waals surface area contributed by atoms with Crippen LogP contribution in [0.15, 0.2) is 23.1 Å². The maximum absolute atomic E-state index is 5.68. The van der Waals surface area contributed by atoms with Crippen molar-refractivity contribution in [2.45, 2.75) is 20.0 Å². The Labute approximate surface area is 103 Å². The van der Waals surface area contributed by atoms with Gasteiger partial charge in [0, 0.05) is 20.2 Å². The monoisotopic (exact) mass is 238 g/mol. The van der Waals surface area contributed by atoms with Gasteiger partial charge in [0.05, 0.1) is 19.7 Å². The van der Waals surface area contributed by atoms with Gasteiger partial charge in [-0.3, -0.25) is 4.90 Å². The second-order valence-electron chi connectivity index (χ2n) is 4.04. The van der Waals surface area contributed by atoms with Crippen molar-refractivity contribution < 1.29 is 9.15 Å². The van der Waals surface area contributed by atoms with Crippen molar-refractivity contribution in [3.63, 3.8) is 0 Å². The first kappa shape index (κ1) is 14.0. The molecule has 0 spiro atoms. The molecule has 0 radical (unpaired) electrons. The Morgan fingerprint density at radius 3 is 2.88 bits per heavy atom.